The molecule has 0 saturated heterocycles. The molecule has 2 nitrogen and oxygen atoms in total. The van der Waals surface area contributed by atoms with Gasteiger partial charge in [-0.15, -0.1) is 0 Å². The van der Waals surface area contributed by atoms with Crippen LogP contribution in [0, 0.1) is 11.3 Å². The molecule has 0 atom stereocenters. The van der Waals surface area contributed by atoms with Crippen LogP contribution in [0.4, 0.5) is 13.2 Å². The molecule has 0 amide bonds. The first-order valence-corrected chi connectivity index (χ1v) is 6.96. The van der Waals surface area contributed by atoms with Crippen LogP contribution in [-0.2, 0) is 12.6 Å². The Kier molecular flexibility index (Phi) is 4.86. The van der Waals surface area contributed by atoms with Gasteiger partial charge in [0.2, 0.25) is 0 Å². The van der Waals surface area contributed by atoms with E-state index in [1.807, 2.05) is 0 Å². The predicted molar refractivity (Wildman–Crippen MR) is 79.0 cm³/mol. The monoisotopic (exact) mass is 364 g/mol. The molecule has 0 saturated carbocycles. The molecule has 114 valence electrons. The molecule has 0 fully saturated rings. The van der Waals surface area contributed by atoms with Crippen LogP contribution in [-0.4, -0.2) is 4.98 Å². The molecule has 0 radical (unpaired) electrons. The summed E-state index contributed by atoms with van der Waals surface area (Å²) < 4.78 is 40.2. The third kappa shape index (κ3) is 3.30. The second-order valence-corrected chi connectivity index (χ2v) is 5.52. The van der Waals surface area contributed by atoms with E-state index >= 15 is 0 Å². The molecule has 0 unspecified atom stereocenters. The minimum atomic E-state index is -4.71. The van der Waals surface area contributed by atoms with E-state index in [-0.39, 0.29) is 26.2 Å². The third-order valence-electron chi connectivity index (χ3n) is 2.83. The van der Waals surface area contributed by atoms with E-state index in [1.165, 1.54) is 18.3 Å². The van der Waals surface area contributed by atoms with E-state index in [0.29, 0.717) is 0 Å². The van der Waals surface area contributed by atoms with Crippen LogP contribution >= 0.6 is 34.8 Å². The van der Waals surface area contributed by atoms with E-state index < -0.39 is 23.9 Å². The molecule has 0 N–H and O–H groups in total. The Morgan fingerprint density at radius 2 is 1.73 bits per heavy atom. The number of hydrogen-bond donors (Lipinski definition) is 0. The summed E-state index contributed by atoms with van der Waals surface area (Å²) in [5.74, 6) is 0. The number of alkyl halides is 3. The van der Waals surface area contributed by atoms with Crippen LogP contribution in [0.3, 0.4) is 0 Å². The maximum atomic E-state index is 13.4. The fourth-order valence-electron chi connectivity index (χ4n) is 2.01. The summed E-state index contributed by atoms with van der Waals surface area (Å²) in [6.07, 6.45) is -3.94. The fraction of sp³-hybridized carbons (Fsp3) is 0.143. The fourth-order valence-corrected chi connectivity index (χ4v) is 3.00. The molecule has 0 aliphatic carbocycles. The zero-order valence-electron chi connectivity index (χ0n) is 10.7. The molecule has 22 heavy (non-hydrogen) atoms. The predicted octanol–water partition coefficient (Wildman–Crippen LogP) is 5.79. The quantitative estimate of drug-likeness (QED) is 0.675. The highest BCUT2D eigenvalue weighted by molar-refractivity contribution is 6.41. The van der Waals surface area contributed by atoms with Crippen molar-refractivity contribution in [2.75, 3.05) is 0 Å². The second kappa shape index (κ2) is 6.33. The molecule has 1 heterocycles. The van der Waals surface area contributed by atoms with Gasteiger partial charge < -0.3 is 0 Å². The van der Waals surface area contributed by atoms with E-state index in [2.05, 4.69) is 4.98 Å². The second-order valence-electron chi connectivity index (χ2n) is 4.27. The average Bonchev–Trinajstić information content (AvgIpc) is 2.36. The summed E-state index contributed by atoms with van der Waals surface area (Å²) in [6.45, 7) is 0. The summed E-state index contributed by atoms with van der Waals surface area (Å²) in [4.78, 5) is 3.77. The molecule has 2 aromatic rings. The number of rotatable bonds is 2. The molecular formula is C14H6Cl3F3N2. The zero-order valence-corrected chi connectivity index (χ0v) is 12.9. The number of aromatic nitrogens is 1. The van der Waals surface area contributed by atoms with Crippen molar-refractivity contribution in [3.8, 4) is 17.3 Å². The Bertz CT molecular complexity index is 744. The summed E-state index contributed by atoms with van der Waals surface area (Å²) in [5.41, 5.74) is -1.71. The van der Waals surface area contributed by atoms with Gasteiger partial charge in [-0.25, -0.2) is 0 Å². The highest BCUT2D eigenvalue weighted by Crippen LogP contribution is 2.43. The number of hydrogen-bond acceptors (Lipinski definition) is 2. The number of nitrogens with zero attached hydrogens (tertiary/aromatic N) is 2. The van der Waals surface area contributed by atoms with Gasteiger partial charge in [-0.2, -0.15) is 18.4 Å². The lowest BCUT2D eigenvalue weighted by molar-refractivity contribution is -0.137. The largest absolute Gasteiger partial charge is 0.418 e. The standard InChI is InChI=1S/C14H6Cl3F3N2/c15-8-5-9(16)11(10(17)6-8)13-12(14(18,19)20)7(1-3-21)2-4-22-13/h2,4-6H,1H2. The van der Waals surface area contributed by atoms with Gasteiger partial charge in [0.25, 0.3) is 0 Å². The van der Waals surface area contributed by atoms with Gasteiger partial charge in [0.15, 0.2) is 0 Å². The van der Waals surface area contributed by atoms with Crippen LogP contribution in [0.25, 0.3) is 11.3 Å². The van der Waals surface area contributed by atoms with Crippen LogP contribution < -0.4 is 0 Å². The van der Waals surface area contributed by atoms with Crippen LogP contribution in [0.5, 0.6) is 0 Å². The van der Waals surface area contributed by atoms with E-state index in [0.717, 1.165) is 6.07 Å². The highest BCUT2D eigenvalue weighted by atomic mass is 35.5. The Hall–Kier alpha value is -1.48. The molecular weight excluding hydrogens is 360 g/mol. The van der Waals surface area contributed by atoms with Crippen molar-refractivity contribution in [3.63, 3.8) is 0 Å². The van der Waals surface area contributed by atoms with Gasteiger partial charge in [0.1, 0.15) is 0 Å². The van der Waals surface area contributed by atoms with Gasteiger partial charge in [0, 0.05) is 16.8 Å². The molecule has 2 rings (SSSR count). The highest BCUT2D eigenvalue weighted by Gasteiger charge is 2.38. The zero-order chi connectivity index (χ0) is 16.5. The van der Waals surface area contributed by atoms with Gasteiger partial charge >= 0.3 is 6.18 Å². The van der Waals surface area contributed by atoms with Crippen molar-refractivity contribution in [3.05, 3.63) is 50.6 Å². The van der Waals surface area contributed by atoms with Crippen LogP contribution in [0.1, 0.15) is 11.1 Å². The summed E-state index contributed by atoms with van der Waals surface area (Å²) in [5, 5.41) is 8.80. The lowest BCUT2D eigenvalue weighted by Gasteiger charge is -2.17. The molecule has 0 aliphatic rings. The molecule has 0 bridgehead atoms. The molecule has 0 spiro atoms. The number of pyridine rings is 1. The van der Waals surface area contributed by atoms with E-state index in [1.54, 1.807) is 6.07 Å². The first-order chi connectivity index (χ1) is 10.3. The maximum Gasteiger partial charge on any atom is 0.418 e. The molecule has 1 aromatic heterocycles. The maximum absolute atomic E-state index is 13.4. The van der Waals surface area contributed by atoms with Crippen molar-refractivity contribution < 1.29 is 13.2 Å². The van der Waals surface area contributed by atoms with Crippen molar-refractivity contribution in [1.82, 2.24) is 4.98 Å². The minimum absolute atomic E-state index is 0.0513. The van der Waals surface area contributed by atoms with Gasteiger partial charge in [-0.1, -0.05) is 34.8 Å². The number of nitriles is 1. The lowest BCUT2D eigenvalue weighted by Crippen LogP contribution is -2.12. The molecule has 0 aliphatic heterocycles. The molecule has 1 aromatic carbocycles. The Balaban J connectivity index is 2.83. The van der Waals surface area contributed by atoms with E-state index in [4.69, 9.17) is 40.1 Å². The van der Waals surface area contributed by atoms with Crippen molar-refractivity contribution in [2.45, 2.75) is 12.6 Å². The van der Waals surface area contributed by atoms with Gasteiger partial charge in [-0.3, -0.25) is 4.98 Å². The minimum Gasteiger partial charge on any atom is -0.255 e. The van der Waals surface area contributed by atoms with Gasteiger partial charge in [0.05, 0.1) is 33.8 Å². The van der Waals surface area contributed by atoms with E-state index in [9.17, 15) is 13.2 Å². The van der Waals surface area contributed by atoms with Crippen LogP contribution in [0.15, 0.2) is 24.4 Å². The summed E-state index contributed by atoms with van der Waals surface area (Å²) >= 11 is 17.7. The Labute approximate surface area is 139 Å². The third-order valence-corrected chi connectivity index (χ3v) is 3.65. The van der Waals surface area contributed by atoms with Crippen molar-refractivity contribution in [1.29, 1.82) is 5.26 Å². The SMILES string of the molecule is N#CCc1ccnc(-c2c(Cl)cc(Cl)cc2Cl)c1C(F)(F)F. The summed E-state index contributed by atoms with van der Waals surface area (Å²) in [7, 11) is 0. The Morgan fingerprint density at radius 3 is 2.23 bits per heavy atom. The Morgan fingerprint density at radius 1 is 1.14 bits per heavy atom. The average molecular weight is 366 g/mol. The number of halogens is 6. The number of benzene rings is 1. The summed E-state index contributed by atoms with van der Waals surface area (Å²) in [6, 6.07) is 5.41. The molecule has 8 heteroatoms. The van der Waals surface area contributed by atoms with Gasteiger partial charge in [-0.05, 0) is 23.8 Å². The van der Waals surface area contributed by atoms with Crippen LogP contribution in [0.2, 0.25) is 15.1 Å². The first kappa shape index (κ1) is 16.9. The smallest absolute Gasteiger partial charge is 0.255 e. The van der Waals surface area contributed by atoms with Crippen molar-refractivity contribution in [2.24, 2.45) is 0 Å². The normalized spacial score (nSPS) is 11.3. The topological polar surface area (TPSA) is 36.7 Å². The van der Waals surface area contributed by atoms with Crippen molar-refractivity contribution >= 4 is 34.8 Å². The first-order valence-electron chi connectivity index (χ1n) is 5.82. The lowest BCUT2D eigenvalue weighted by atomic mass is 9.99.